The van der Waals surface area contributed by atoms with E-state index in [1.165, 1.54) is 32.1 Å². The second kappa shape index (κ2) is 6.89. The first-order valence-corrected chi connectivity index (χ1v) is 7.65. The van der Waals surface area contributed by atoms with E-state index in [1.807, 2.05) is 30.3 Å². The molecule has 1 aromatic carbocycles. The van der Waals surface area contributed by atoms with Crippen LogP contribution in [0, 0.1) is 5.41 Å². The summed E-state index contributed by atoms with van der Waals surface area (Å²) in [6, 6.07) is 9.50. The van der Waals surface area contributed by atoms with Gasteiger partial charge in [-0.3, -0.25) is 4.79 Å². The predicted molar refractivity (Wildman–Crippen MR) is 80.9 cm³/mol. The van der Waals surface area contributed by atoms with Crippen LogP contribution in [0.5, 0.6) is 0 Å². The van der Waals surface area contributed by atoms with Gasteiger partial charge in [0.25, 0.3) is 0 Å². The highest BCUT2D eigenvalue weighted by molar-refractivity contribution is 5.76. The molecule has 3 nitrogen and oxygen atoms in total. The Morgan fingerprint density at radius 2 is 1.95 bits per heavy atom. The minimum Gasteiger partial charge on any atom is -0.481 e. The van der Waals surface area contributed by atoms with E-state index in [0.717, 1.165) is 12.1 Å². The minimum absolute atomic E-state index is 0.403. The molecule has 2 rings (SSSR count). The van der Waals surface area contributed by atoms with Crippen molar-refractivity contribution in [2.24, 2.45) is 5.41 Å². The second-order valence-corrected chi connectivity index (χ2v) is 5.99. The van der Waals surface area contributed by atoms with Gasteiger partial charge in [0.1, 0.15) is 0 Å². The summed E-state index contributed by atoms with van der Waals surface area (Å²) in [5.74, 6) is -1.20. The lowest BCUT2D eigenvalue weighted by Crippen LogP contribution is -2.35. The number of hydrogen-bond acceptors (Lipinski definition) is 2. The Morgan fingerprint density at radius 3 is 2.50 bits per heavy atom. The molecule has 1 atom stereocenters. The fourth-order valence-electron chi connectivity index (χ4n) is 3.30. The quantitative estimate of drug-likeness (QED) is 0.801. The molecule has 1 aliphatic carbocycles. The van der Waals surface area contributed by atoms with Crippen LogP contribution in [0.15, 0.2) is 30.3 Å². The van der Waals surface area contributed by atoms with Crippen LogP contribution in [0.3, 0.4) is 0 Å². The Kier molecular flexibility index (Phi) is 5.18. The molecule has 1 unspecified atom stereocenters. The average molecular weight is 275 g/mol. The molecule has 110 valence electrons. The molecule has 0 heterocycles. The number of carboxylic acid groups (broad SMARTS) is 1. The van der Waals surface area contributed by atoms with Gasteiger partial charge in [0.2, 0.25) is 0 Å². The van der Waals surface area contributed by atoms with Crippen LogP contribution in [0.25, 0.3) is 0 Å². The van der Waals surface area contributed by atoms with E-state index < -0.39 is 11.9 Å². The van der Waals surface area contributed by atoms with Crippen molar-refractivity contribution < 1.29 is 9.90 Å². The normalized spacial score (nSPS) is 18.9. The van der Waals surface area contributed by atoms with Gasteiger partial charge in [-0.2, -0.15) is 0 Å². The molecular formula is C17H25NO2. The van der Waals surface area contributed by atoms with Crippen LogP contribution >= 0.6 is 0 Å². The maximum Gasteiger partial charge on any atom is 0.312 e. The van der Waals surface area contributed by atoms with Gasteiger partial charge >= 0.3 is 5.97 Å². The molecule has 1 aromatic rings. The van der Waals surface area contributed by atoms with Gasteiger partial charge in [-0.15, -0.1) is 0 Å². The molecular weight excluding hydrogens is 250 g/mol. The van der Waals surface area contributed by atoms with Crippen molar-refractivity contribution in [3.05, 3.63) is 35.9 Å². The molecule has 0 amide bonds. The third kappa shape index (κ3) is 3.60. The summed E-state index contributed by atoms with van der Waals surface area (Å²) in [5.41, 5.74) is 1.28. The lowest BCUT2D eigenvalue weighted by Gasteiger charge is -2.28. The van der Waals surface area contributed by atoms with Crippen molar-refractivity contribution in [1.82, 2.24) is 5.32 Å². The summed E-state index contributed by atoms with van der Waals surface area (Å²) in [6.07, 6.45) is 6.37. The maximum atomic E-state index is 11.4. The minimum atomic E-state index is -0.749. The van der Waals surface area contributed by atoms with Crippen molar-refractivity contribution in [2.75, 3.05) is 13.1 Å². The van der Waals surface area contributed by atoms with Gasteiger partial charge in [0, 0.05) is 13.1 Å². The fourth-order valence-corrected chi connectivity index (χ4v) is 3.30. The monoisotopic (exact) mass is 275 g/mol. The number of nitrogens with one attached hydrogen (secondary N) is 1. The number of rotatable bonds is 7. The van der Waals surface area contributed by atoms with E-state index in [0.29, 0.717) is 12.0 Å². The topological polar surface area (TPSA) is 49.3 Å². The van der Waals surface area contributed by atoms with Crippen LogP contribution in [-0.2, 0) is 4.79 Å². The van der Waals surface area contributed by atoms with E-state index in [2.05, 4.69) is 12.2 Å². The first-order chi connectivity index (χ1) is 9.67. The Morgan fingerprint density at radius 1 is 1.30 bits per heavy atom. The number of aliphatic carboxylic acids is 1. The highest BCUT2D eigenvalue weighted by Gasteiger charge is 2.32. The van der Waals surface area contributed by atoms with Crippen molar-refractivity contribution in [3.63, 3.8) is 0 Å². The lowest BCUT2D eigenvalue weighted by molar-refractivity contribution is -0.138. The Hall–Kier alpha value is -1.35. The van der Waals surface area contributed by atoms with Gasteiger partial charge in [-0.25, -0.2) is 0 Å². The van der Waals surface area contributed by atoms with E-state index in [4.69, 9.17) is 0 Å². The third-order valence-electron chi connectivity index (χ3n) is 4.76. The average Bonchev–Trinajstić information content (AvgIpc) is 2.93. The second-order valence-electron chi connectivity index (χ2n) is 5.99. The van der Waals surface area contributed by atoms with Crippen molar-refractivity contribution in [1.29, 1.82) is 0 Å². The molecule has 1 saturated carbocycles. The zero-order valence-corrected chi connectivity index (χ0v) is 12.3. The van der Waals surface area contributed by atoms with E-state index in [-0.39, 0.29) is 0 Å². The number of carboxylic acids is 1. The summed E-state index contributed by atoms with van der Waals surface area (Å²) in [4.78, 5) is 11.4. The predicted octanol–water partition coefficient (Wildman–Crippen LogP) is 3.41. The van der Waals surface area contributed by atoms with Crippen LogP contribution < -0.4 is 5.32 Å². The summed E-state index contributed by atoms with van der Waals surface area (Å²) in [7, 11) is 0. The molecule has 0 radical (unpaired) electrons. The van der Waals surface area contributed by atoms with Gasteiger partial charge < -0.3 is 10.4 Å². The Labute approximate surface area is 121 Å². The zero-order chi connectivity index (χ0) is 14.4. The highest BCUT2D eigenvalue weighted by atomic mass is 16.4. The molecule has 20 heavy (non-hydrogen) atoms. The zero-order valence-electron chi connectivity index (χ0n) is 12.3. The van der Waals surface area contributed by atoms with Crippen LogP contribution in [0.1, 0.15) is 50.5 Å². The van der Waals surface area contributed by atoms with E-state index in [1.54, 1.807) is 0 Å². The molecule has 2 N–H and O–H groups in total. The van der Waals surface area contributed by atoms with Gasteiger partial charge in [0.15, 0.2) is 0 Å². The molecule has 0 saturated heterocycles. The van der Waals surface area contributed by atoms with Crippen molar-refractivity contribution in [3.8, 4) is 0 Å². The number of hydrogen-bond donors (Lipinski definition) is 2. The van der Waals surface area contributed by atoms with Crippen molar-refractivity contribution in [2.45, 2.75) is 44.9 Å². The molecule has 0 aliphatic heterocycles. The van der Waals surface area contributed by atoms with Gasteiger partial charge in [0.05, 0.1) is 5.92 Å². The van der Waals surface area contributed by atoms with E-state index >= 15 is 0 Å². The third-order valence-corrected chi connectivity index (χ3v) is 4.76. The fraction of sp³-hybridized carbons (Fsp3) is 0.588. The standard InChI is InChI=1S/C17H25NO2/c1-2-17(10-6-7-11-17)13-18-12-15(16(19)20)14-8-4-3-5-9-14/h3-5,8-9,15,18H,2,6-7,10-13H2,1H3,(H,19,20). The van der Waals surface area contributed by atoms with Crippen LogP contribution in [0.4, 0.5) is 0 Å². The molecule has 0 spiro atoms. The molecule has 1 fully saturated rings. The van der Waals surface area contributed by atoms with Gasteiger partial charge in [-0.1, -0.05) is 50.1 Å². The summed E-state index contributed by atoms with van der Waals surface area (Å²) < 4.78 is 0. The van der Waals surface area contributed by atoms with E-state index in [9.17, 15) is 9.90 Å². The van der Waals surface area contributed by atoms with Crippen molar-refractivity contribution >= 4 is 5.97 Å². The summed E-state index contributed by atoms with van der Waals surface area (Å²) in [6.45, 7) is 3.71. The molecule has 0 aromatic heterocycles. The largest absolute Gasteiger partial charge is 0.481 e. The maximum absolute atomic E-state index is 11.4. The SMILES string of the molecule is CCC1(CNCC(C(=O)O)c2ccccc2)CCCC1. The highest BCUT2D eigenvalue weighted by Crippen LogP contribution is 2.40. The molecule has 1 aliphatic rings. The molecule has 0 bridgehead atoms. The Bertz CT molecular complexity index is 424. The summed E-state index contributed by atoms with van der Waals surface area (Å²) in [5, 5.41) is 12.8. The lowest BCUT2D eigenvalue weighted by atomic mass is 9.83. The smallest absolute Gasteiger partial charge is 0.312 e. The Balaban J connectivity index is 1.92. The molecule has 3 heteroatoms. The number of benzene rings is 1. The van der Waals surface area contributed by atoms with Crippen LogP contribution in [-0.4, -0.2) is 24.2 Å². The van der Waals surface area contributed by atoms with Crippen LogP contribution in [0.2, 0.25) is 0 Å². The number of carbonyl (C=O) groups is 1. The first kappa shape index (κ1) is 15.0. The van der Waals surface area contributed by atoms with Gasteiger partial charge in [-0.05, 0) is 30.2 Å². The first-order valence-electron chi connectivity index (χ1n) is 7.65. The summed E-state index contributed by atoms with van der Waals surface area (Å²) >= 11 is 0.